The van der Waals surface area contributed by atoms with Crippen LogP contribution < -0.4 is 10.1 Å². The van der Waals surface area contributed by atoms with E-state index in [-0.39, 0.29) is 11.8 Å². The van der Waals surface area contributed by atoms with Crippen LogP contribution in [-0.4, -0.2) is 55.2 Å². The fourth-order valence-corrected chi connectivity index (χ4v) is 4.64. The predicted octanol–water partition coefficient (Wildman–Crippen LogP) is 4.93. The Morgan fingerprint density at radius 1 is 0.971 bits per heavy atom. The van der Waals surface area contributed by atoms with Crippen LogP contribution in [0.2, 0.25) is 0 Å². The Kier molecular flexibility index (Phi) is 7.41. The number of aromatic amines is 1. The van der Waals surface area contributed by atoms with Gasteiger partial charge in [0.1, 0.15) is 11.5 Å². The normalized spacial score (nSPS) is 15.1. The molecule has 3 aromatic carbocycles. The number of nitrogens with one attached hydrogen (secondary N) is 2. The lowest BCUT2D eigenvalue weighted by Gasteiger charge is -2.26. The maximum atomic E-state index is 13.1. The summed E-state index contributed by atoms with van der Waals surface area (Å²) in [6.45, 7) is 4.84. The fraction of sp³-hybridized carbons (Fsp3) is 0.276. The molecule has 4 aromatic rings. The van der Waals surface area contributed by atoms with E-state index >= 15 is 0 Å². The van der Waals surface area contributed by atoms with Crippen molar-refractivity contribution in [3.8, 4) is 11.5 Å². The molecule has 1 amide bonds. The topological polar surface area (TPSA) is 66.6 Å². The number of nitrogens with zero attached hydrogens (tertiary/aromatic N) is 1. The molecule has 1 atom stereocenters. The van der Waals surface area contributed by atoms with Crippen LogP contribution in [0.5, 0.6) is 11.5 Å². The van der Waals surface area contributed by atoms with Gasteiger partial charge >= 0.3 is 0 Å². The van der Waals surface area contributed by atoms with Crippen LogP contribution in [0.25, 0.3) is 10.9 Å². The summed E-state index contributed by atoms with van der Waals surface area (Å²) < 4.78 is 11.5. The molecule has 180 valence electrons. The molecule has 0 radical (unpaired) electrons. The van der Waals surface area contributed by atoms with Crippen molar-refractivity contribution in [1.29, 1.82) is 0 Å². The molecule has 1 aliphatic heterocycles. The number of ether oxygens (including phenoxy) is 2. The van der Waals surface area contributed by atoms with E-state index in [2.05, 4.69) is 33.4 Å². The van der Waals surface area contributed by atoms with Crippen LogP contribution >= 0.6 is 0 Å². The van der Waals surface area contributed by atoms with Gasteiger partial charge in [-0.25, -0.2) is 0 Å². The van der Waals surface area contributed by atoms with E-state index in [0.717, 1.165) is 66.4 Å². The van der Waals surface area contributed by atoms with Crippen molar-refractivity contribution >= 4 is 16.8 Å². The van der Waals surface area contributed by atoms with Gasteiger partial charge in [-0.15, -0.1) is 0 Å². The van der Waals surface area contributed by atoms with Gasteiger partial charge in [0.2, 0.25) is 5.91 Å². The molecule has 1 aliphatic rings. The molecular weight excluding hydrogens is 438 g/mol. The number of hydrogen-bond donors (Lipinski definition) is 2. The minimum absolute atomic E-state index is 0.0444. The molecular formula is C29H31N3O3. The zero-order chi connectivity index (χ0) is 23.9. The maximum Gasteiger partial charge on any atom is 0.220 e. The maximum absolute atomic E-state index is 13.1. The third-order valence-electron chi connectivity index (χ3n) is 6.48. The number of hydrogen-bond acceptors (Lipinski definition) is 4. The fourth-order valence-electron chi connectivity index (χ4n) is 4.64. The lowest BCUT2D eigenvalue weighted by atomic mass is 9.88. The molecule has 1 saturated heterocycles. The summed E-state index contributed by atoms with van der Waals surface area (Å²) in [5.41, 5.74) is 3.23. The molecule has 1 fully saturated rings. The van der Waals surface area contributed by atoms with Crippen molar-refractivity contribution in [3.05, 3.63) is 96.2 Å². The van der Waals surface area contributed by atoms with Gasteiger partial charge < -0.3 is 19.8 Å². The highest BCUT2D eigenvalue weighted by atomic mass is 16.5. The first kappa shape index (κ1) is 23.1. The molecule has 6 heteroatoms. The lowest BCUT2D eigenvalue weighted by molar-refractivity contribution is -0.121. The number of H-pyrrole nitrogens is 1. The molecule has 35 heavy (non-hydrogen) atoms. The smallest absolute Gasteiger partial charge is 0.220 e. The third kappa shape index (κ3) is 5.91. The van der Waals surface area contributed by atoms with E-state index in [9.17, 15) is 4.79 Å². The summed E-state index contributed by atoms with van der Waals surface area (Å²) in [4.78, 5) is 18.8. The molecule has 2 N–H and O–H groups in total. The Labute approximate surface area is 205 Å². The van der Waals surface area contributed by atoms with Gasteiger partial charge in [-0.1, -0.05) is 48.5 Å². The summed E-state index contributed by atoms with van der Waals surface area (Å²) in [7, 11) is 0. The molecule has 2 heterocycles. The van der Waals surface area contributed by atoms with Crippen molar-refractivity contribution < 1.29 is 14.3 Å². The van der Waals surface area contributed by atoms with Gasteiger partial charge in [0.15, 0.2) is 0 Å². The second-order valence-electron chi connectivity index (χ2n) is 8.84. The first-order valence-electron chi connectivity index (χ1n) is 12.2. The number of morpholine rings is 1. The van der Waals surface area contributed by atoms with Crippen molar-refractivity contribution in [2.75, 3.05) is 39.4 Å². The summed E-state index contributed by atoms with van der Waals surface area (Å²) in [6, 6.07) is 26.0. The molecule has 1 unspecified atom stereocenters. The number of carbonyl (C=O) groups is 1. The van der Waals surface area contributed by atoms with Crippen LogP contribution in [0.4, 0.5) is 0 Å². The second-order valence-corrected chi connectivity index (χ2v) is 8.84. The molecule has 0 bridgehead atoms. The highest BCUT2D eigenvalue weighted by Crippen LogP contribution is 2.35. The Morgan fingerprint density at radius 3 is 2.60 bits per heavy atom. The quantitative estimate of drug-likeness (QED) is 0.365. The highest BCUT2D eigenvalue weighted by Gasteiger charge is 2.22. The minimum Gasteiger partial charge on any atom is -0.457 e. The standard InChI is InChI=1S/C29H31N3O3/c33-29(30-13-14-32-15-17-34-18-16-32)20-26(27-21-31-28-12-5-4-11-25(27)28)22-7-6-10-24(19-22)35-23-8-2-1-3-9-23/h1-12,19,21,26,31H,13-18,20H2,(H,30,33). The zero-order valence-corrected chi connectivity index (χ0v) is 19.8. The summed E-state index contributed by atoms with van der Waals surface area (Å²) >= 11 is 0. The number of benzene rings is 3. The molecule has 6 nitrogen and oxygen atoms in total. The van der Waals surface area contributed by atoms with Gasteiger partial charge in [-0.3, -0.25) is 9.69 Å². The van der Waals surface area contributed by atoms with Crippen LogP contribution in [0.3, 0.4) is 0 Å². The van der Waals surface area contributed by atoms with Gasteiger partial charge in [0, 0.05) is 55.6 Å². The van der Waals surface area contributed by atoms with Gasteiger partial charge in [0.05, 0.1) is 13.2 Å². The molecule has 1 aromatic heterocycles. The first-order chi connectivity index (χ1) is 17.3. The van der Waals surface area contributed by atoms with Crippen LogP contribution in [-0.2, 0) is 9.53 Å². The number of rotatable bonds is 9. The second kappa shape index (κ2) is 11.2. The van der Waals surface area contributed by atoms with Gasteiger partial charge in [0.25, 0.3) is 0 Å². The number of amides is 1. The Morgan fingerprint density at radius 2 is 1.74 bits per heavy atom. The average Bonchev–Trinajstić information content (AvgIpc) is 3.33. The third-order valence-corrected chi connectivity index (χ3v) is 6.48. The van der Waals surface area contributed by atoms with E-state index in [4.69, 9.17) is 9.47 Å². The summed E-state index contributed by atoms with van der Waals surface area (Å²) in [5, 5.41) is 4.26. The minimum atomic E-state index is -0.103. The van der Waals surface area contributed by atoms with E-state index in [1.54, 1.807) is 0 Å². The van der Waals surface area contributed by atoms with E-state index in [0.29, 0.717) is 13.0 Å². The zero-order valence-electron chi connectivity index (χ0n) is 19.8. The van der Waals surface area contributed by atoms with Crippen molar-refractivity contribution in [2.24, 2.45) is 0 Å². The van der Waals surface area contributed by atoms with Crippen molar-refractivity contribution in [1.82, 2.24) is 15.2 Å². The Bertz CT molecular complexity index is 1250. The number of fused-ring (bicyclic) bond motifs is 1. The molecule has 5 rings (SSSR count). The van der Waals surface area contributed by atoms with Gasteiger partial charge in [-0.2, -0.15) is 0 Å². The average molecular weight is 470 g/mol. The SMILES string of the molecule is O=C(CC(c1cccc(Oc2ccccc2)c1)c1c[nH]c2ccccc12)NCCN1CCOCC1. The highest BCUT2D eigenvalue weighted by molar-refractivity contribution is 5.86. The van der Waals surface area contributed by atoms with Crippen LogP contribution in [0.1, 0.15) is 23.5 Å². The summed E-state index contributed by atoms with van der Waals surface area (Å²) in [5.74, 6) is 1.48. The summed E-state index contributed by atoms with van der Waals surface area (Å²) in [6.07, 6.45) is 2.39. The van der Waals surface area contributed by atoms with Crippen LogP contribution in [0.15, 0.2) is 85.1 Å². The van der Waals surface area contributed by atoms with Gasteiger partial charge in [-0.05, 0) is 41.5 Å². The van der Waals surface area contributed by atoms with E-state index in [1.807, 2.05) is 66.9 Å². The predicted molar refractivity (Wildman–Crippen MR) is 138 cm³/mol. The molecule has 0 saturated carbocycles. The number of aromatic nitrogens is 1. The number of para-hydroxylation sites is 2. The molecule has 0 aliphatic carbocycles. The Balaban J connectivity index is 1.35. The van der Waals surface area contributed by atoms with Crippen molar-refractivity contribution in [2.45, 2.75) is 12.3 Å². The molecule has 0 spiro atoms. The van der Waals surface area contributed by atoms with E-state index in [1.165, 1.54) is 0 Å². The largest absolute Gasteiger partial charge is 0.457 e. The monoisotopic (exact) mass is 469 g/mol. The Hall–Kier alpha value is -3.61. The first-order valence-corrected chi connectivity index (χ1v) is 12.2. The van der Waals surface area contributed by atoms with E-state index < -0.39 is 0 Å². The van der Waals surface area contributed by atoms with Crippen molar-refractivity contribution in [3.63, 3.8) is 0 Å². The van der Waals surface area contributed by atoms with Crippen LogP contribution in [0, 0.1) is 0 Å². The number of carbonyl (C=O) groups excluding carboxylic acids is 1. The lowest BCUT2D eigenvalue weighted by Crippen LogP contribution is -2.41.